The summed E-state index contributed by atoms with van der Waals surface area (Å²) in [6.45, 7) is 0. The number of benzene rings is 1. The number of carboxylic acid groups (broad SMARTS) is 1. The third-order valence-corrected chi connectivity index (χ3v) is 4.30. The quantitative estimate of drug-likeness (QED) is 0.815. The van der Waals surface area contributed by atoms with Crippen molar-refractivity contribution in [2.75, 3.05) is 19.4 Å². The van der Waals surface area contributed by atoms with Gasteiger partial charge in [0.25, 0.3) is 5.91 Å². The maximum Gasteiger partial charge on any atom is 0.326 e. The van der Waals surface area contributed by atoms with E-state index in [2.05, 4.69) is 11.4 Å². The molecule has 2 N–H and O–H groups in total. The first-order chi connectivity index (χ1) is 10.0. The number of anilines is 1. The normalized spacial score (nSPS) is 25.7. The van der Waals surface area contributed by atoms with Crippen molar-refractivity contribution in [1.82, 2.24) is 4.90 Å². The van der Waals surface area contributed by atoms with Crippen molar-refractivity contribution in [2.45, 2.75) is 18.4 Å². The van der Waals surface area contributed by atoms with E-state index >= 15 is 0 Å². The fraction of sp³-hybridized carbons (Fsp3) is 0.375. The first-order valence-corrected chi connectivity index (χ1v) is 7.01. The lowest BCUT2D eigenvalue weighted by atomic mass is 9.78. The van der Waals surface area contributed by atoms with Crippen LogP contribution in [0.25, 0.3) is 0 Å². The number of amides is 1. The Morgan fingerprint density at radius 2 is 2.10 bits per heavy atom. The van der Waals surface area contributed by atoms with Gasteiger partial charge in [0.1, 0.15) is 6.04 Å². The lowest BCUT2D eigenvalue weighted by Crippen LogP contribution is -2.42. The van der Waals surface area contributed by atoms with Crippen molar-refractivity contribution in [3.8, 4) is 0 Å². The van der Waals surface area contributed by atoms with Gasteiger partial charge >= 0.3 is 5.97 Å². The summed E-state index contributed by atoms with van der Waals surface area (Å²) in [6, 6.07) is 4.92. The zero-order valence-corrected chi connectivity index (χ0v) is 12.0. The standard InChI is InChI=1S/C16H18N2O3/c1-18(2)15(19)12-8-4-6-10-9-5-3-7-11(9)14(16(20)21)17-13(10)12/h3-6,8-9,11,14,17H,7H2,1-2H3,(H,20,21). The summed E-state index contributed by atoms with van der Waals surface area (Å²) in [4.78, 5) is 25.3. The highest BCUT2D eigenvalue weighted by molar-refractivity contribution is 6.01. The van der Waals surface area contributed by atoms with Crippen molar-refractivity contribution >= 4 is 17.6 Å². The number of rotatable bonds is 2. The topological polar surface area (TPSA) is 69.6 Å². The van der Waals surface area contributed by atoms with E-state index in [1.165, 1.54) is 4.90 Å². The Kier molecular flexibility index (Phi) is 3.20. The maximum atomic E-state index is 12.3. The van der Waals surface area contributed by atoms with Crippen LogP contribution in [0.4, 0.5) is 5.69 Å². The SMILES string of the molecule is CN(C)C(=O)c1cccc2c1NC(C(=O)O)C1CC=CC21. The number of hydrogen-bond acceptors (Lipinski definition) is 3. The second-order valence-corrected chi connectivity index (χ2v) is 5.78. The number of nitrogens with one attached hydrogen (secondary N) is 1. The van der Waals surface area contributed by atoms with E-state index < -0.39 is 12.0 Å². The summed E-state index contributed by atoms with van der Waals surface area (Å²) < 4.78 is 0. The van der Waals surface area contributed by atoms with Crippen LogP contribution >= 0.6 is 0 Å². The molecular weight excluding hydrogens is 268 g/mol. The van der Waals surface area contributed by atoms with E-state index in [0.29, 0.717) is 11.3 Å². The Morgan fingerprint density at radius 1 is 1.33 bits per heavy atom. The summed E-state index contributed by atoms with van der Waals surface area (Å²) >= 11 is 0. The Morgan fingerprint density at radius 3 is 2.76 bits per heavy atom. The van der Waals surface area contributed by atoms with Crippen LogP contribution in [0.5, 0.6) is 0 Å². The smallest absolute Gasteiger partial charge is 0.326 e. The van der Waals surface area contributed by atoms with Crippen molar-refractivity contribution in [1.29, 1.82) is 0 Å². The van der Waals surface area contributed by atoms with Gasteiger partial charge in [0.2, 0.25) is 0 Å². The van der Waals surface area contributed by atoms with Crippen LogP contribution < -0.4 is 5.32 Å². The highest BCUT2D eigenvalue weighted by Gasteiger charge is 2.41. The number of carbonyl (C=O) groups excluding carboxylic acids is 1. The van der Waals surface area contributed by atoms with Gasteiger partial charge in [-0.25, -0.2) is 4.79 Å². The molecule has 5 heteroatoms. The summed E-state index contributed by atoms with van der Waals surface area (Å²) in [6.07, 6.45) is 4.84. The molecule has 21 heavy (non-hydrogen) atoms. The minimum atomic E-state index is -0.869. The van der Waals surface area contributed by atoms with Crippen LogP contribution in [0, 0.1) is 5.92 Å². The van der Waals surface area contributed by atoms with Crippen molar-refractivity contribution < 1.29 is 14.7 Å². The highest BCUT2D eigenvalue weighted by Crippen LogP contribution is 2.45. The Bertz CT molecular complexity index is 636. The van der Waals surface area contributed by atoms with Gasteiger partial charge in [0.15, 0.2) is 0 Å². The fourth-order valence-corrected chi connectivity index (χ4v) is 3.28. The van der Waals surface area contributed by atoms with Gasteiger partial charge in [-0.1, -0.05) is 24.3 Å². The number of allylic oxidation sites excluding steroid dienone is 2. The molecule has 110 valence electrons. The molecule has 3 unspecified atom stereocenters. The van der Waals surface area contributed by atoms with Crippen molar-refractivity contribution in [3.63, 3.8) is 0 Å². The van der Waals surface area contributed by atoms with Crippen LogP contribution in [0.3, 0.4) is 0 Å². The lowest BCUT2D eigenvalue weighted by Gasteiger charge is -2.35. The van der Waals surface area contributed by atoms with Crippen molar-refractivity contribution in [2.24, 2.45) is 5.92 Å². The third kappa shape index (κ3) is 2.09. The van der Waals surface area contributed by atoms with Gasteiger partial charge in [-0.05, 0) is 18.1 Å². The molecule has 1 heterocycles. The second kappa shape index (κ2) is 4.91. The first kappa shape index (κ1) is 13.7. The second-order valence-electron chi connectivity index (χ2n) is 5.78. The number of fused-ring (bicyclic) bond motifs is 3. The van der Waals surface area contributed by atoms with Gasteiger partial charge in [0.05, 0.1) is 11.3 Å². The number of carbonyl (C=O) groups is 2. The third-order valence-electron chi connectivity index (χ3n) is 4.30. The zero-order valence-electron chi connectivity index (χ0n) is 12.0. The molecule has 5 nitrogen and oxygen atoms in total. The van der Waals surface area contributed by atoms with Gasteiger partial charge in [0, 0.05) is 25.9 Å². The van der Waals surface area contributed by atoms with Crippen LogP contribution in [0.2, 0.25) is 0 Å². The number of carboxylic acids is 1. The number of nitrogens with zero attached hydrogens (tertiary/aromatic N) is 1. The summed E-state index contributed by atoms with van der Waals surface area (Å²) in [5, 5.41) is 12.5. The molecule has 1 aromatic carbocycles. The first-order valence-electron chi connectivity index (χ1n) is 7.01. The van der Waals surface area contributed by atoms with E-state index in [-0.39, 0.29) is 17.7 Å². The van der Waals surface area contributed by atoms with E-state index in [4.69, 9.17) is 0 Å². The Hall–Kier alpha value is -2.30. The number of para-hydroxylation sites is 1. The summed E-state index contributed by atoms with van der Waals surface area (Å²) in [7, 11) is 3.38. The molecule has 0 aromatic heterocycles. The van der Waals surface area contributed by atoms with Crippen LogP contribution in [0.1, 0.15) is 28.3 Å². The lowest BCUT2D eigenvalue weighted by molar-refractivity contribution is -0.139. The predicted molar refractivity (Wildman–Crippen MR) is 79.5 cm³/mol. The van der Waals surface area contributed by atoms with Crippen LogP contribution in [0.15, 0.2) is 30.4 Å². The number of aliphatic carboxylic acids is 1. The van der Waals surface area contributed by atoms with E-state index in [1.54, 1.807) is 20.2 Å². The maximum absolute atomic E-state index is 12.3. The highest BCUT2D eigenvalue weighted by atomic mass is 16.4. The average molecular weight is 286 g/mol. The molecule has 1 aromatic rings. The monoisotopic (exact) mass is 286 g/mol. The molecule has 0 fully saturated rings. The molecule has 2 aliphatic rings. The van der Waals surface area contributed by atoms with Crippen molar-refractivity contribution in [3.05, 3.63) is 41.5 Å². The molecule has 3 atom stereocenters. The molecular formula is C16H18N2O3. The fourth-order valence-electron chi connectivity index (χ4n) is 3.28. The van der Waals surface area contributed by atoms with Gasteiger partial charge in [-0.15, -0.1) is 0 Å². The Balaban J connectivity index is 2.12. The average Bonchev–Trinajstić information content (AvgIpc) is 2.94. The van der Waals surface area contributed by atoms with Crippen LogP contribution in [-0.4, -0.2) is 42.0 Å². The minimum absolute atomic E-state index is 0.0136. The van der Waals surface area contributed by atoms with Crippen LogP contribution in [-0.2, 0) is 4.79 Å². The molecule has 0 saturated carbocycles. The molecule has 3 rings (SSSR count). The van der Waals surface area contributed by atoms with Gasteiger partial charge in [-0.3, -0.25) is 4.79 Å². The van der Waals surface area contributed by atoms with E-state index in [9.17, 15) is 14.7 Å². The summed E-state index contributed by atoms with van der Waals surface area (Å²) in [5.41, 5.74) is 2.21. The van der Waals surface area contributed by atoms with E-state index in [1.807, 2.05) is 18.2 Å². The largest absolute Gasteiger partial charge is 0.480 e. The minimum Gasteiger partial charge on any atom is -0.480 e. The summed E-state index contributed by atoms with van der Waals surface area (Å²) in [5.74, 6) is -0.910. The molecule has 1 aliphatic carbocycles. The zero-order chi connectivity index (χ0) is 15.1. The molecule has 0 radical (unpaired) electrons. The Labute approximate surface area is 123 Å². The molecule has 0 spiro atoms. The molecule has 1 aliphatic heterocycles. The molecule has 0 bridgehead atoms. The molecule has 0 saturated heterocycles. The van der Waals surface area contributed by atoms with Gasteiger partial charge in [-0.2, -0.15) is 0 Å². The predicted octanol–water partition coefficient (Wildman–Crippen LogP) is 1.93. The van der Waals surface area contributed by atoms with E-state index in [0.717, 1.165) is 12.0 Å². The van der Waals surface area contributed by atoms with Gasteiger partial charge < -0.3 is 15.3 Å². The number of hydrogen-bond donors (Lipinski definition) is 2. The molecule has 1 amide bonds.